The van der Waals surface area contributed by atoms with Gasteiger partial charge in [0.2, 0.25) is 0 Å². The molecule has 5 heteroatoms. The first-order valence-electron chi connectivity index (χ1n) is 8.26. The van der Waals surface area contributed by atoms with E-state index in [1.54, 1.807) is 6.92 Å². The highest BCUT2D eigenvalue weighted by molar-refractivity contribution is 6.08. The van der Waals surface area contributed by atoms with Gasteiger partial charge in [0.25, 0.3) is 0 Å². The van der Waals surface area contributed by atoms with Crippen molar-refractivity contribution in [2.45, 2.75) is 19.4 Å². The molecule has 3 rings (SSSR count). The largest absolute Gasteiger partial charge is 0.465 e. The van der Waals surface area contributed by atoms with Gasteiger partial charge in [-0.05, 0) is 18.1 Å². The normalized spacial score (nSPS) is 19.7. The molecule has 0 fully saturated rings. The van der Waals surface area contributed by atoms with E-state index in [1.165, 1.54) is 0 Å². The number of carbonyl (C=O) groups is 2. The number of nitrogens with one attached hydrogen (secondary N) is 1. The van der Waals surface area contributed by atoms with Gasteiger partial charge >= 0.3 is 12.0 Å². The summed E-state index contributed by atoms with van der Waals surface area (Å²) in [6, 6.07) is 18.4. The molecule has 2 aromatic carbocycles. The van der Waals surface area contributed by atoms with Crippen LogP contribution in [0.3, 0.4) is 0 Å². The Kier molecular flexibility index (Phi) is 5.23. The monoisotopic (exact) mass is 336 g/mol. The molecule has 128 valence electrons. The van der Waals surface area contributed by atoms with Crippen LogP contribution in [0.15, 0.2) is 65.7 Å². The molecule has 1 aliphatic rings. The van der Waals surface area contributed by atoms with Crippen molar-refractivity contribution < 1.29 is 14.3 Å². The molecule has 1 aliphatic heterocycles. The number of carbonyl (C=O) groups excluding carboxylic acids is 2. The van der Waals surface area contributed by atoms with Crippen molar-refractivity contribution in [3.05, 3.63) is 71.8 Å². The lowest BCUT2D eigenvalue weighted by molar-refractivity contribution is -0.146. The molecule has 2 aromatic rings. The Morgan fingerprint density at radius 2 is 1.72 bits per heavy atom. The molecule has 0 bridgehead atoms. The summed E-state index contributed by atoms with van der Waals surface area (Å²) in [4.78, 5) is 28.3. The average molecular weight is 336 g/mol. The number of urea groups is 1. The number of benzene rings is 2. The van der Waals surface area contributed by atoms with E-state index in [-0.39, 0.29) is 5.97 Å². The van der Waals surface area contributed by atoms with Crippen molar-refractivity contribution in [3.8, 4) is 0 Å². The zero-order chi connectivity index (χ0) is 17.6. The molecular formula is C20H20N2O3. The van der Waals surface area contributed by atoms with E-state index in [0.717, 1.165) is 11.1 Å². The number of hydrogen-bond acceptors (Lipinski definition) is 3. The fourth-order valence-electron chi connectivity index (χ4n) is 2.97. The predicted molar refractivity (Wildman–Crippen MR) is 95.4 cm³/mol. The molecule has 1 heterocycles. The number of nitrogens with zero attached hydrogens (tertiary/aromatic N) is 1. The molecule has 2 unspecified atom stereocenters. The number of ether oxygens (including phenoxy) is 1. The Bertz CT molecular complexity index is 772. The van der Waals surface area contributed by atoms with Gasteiger partial charge in [-0.1, -0.05) is 60.7 Å². The van der Waals surface area contributed by atoms with Crippen LogP contribution in [0.5, 0.6) is 0 Å². The maximum absolute atomic E-state index is 12.6. The summed E-state index contributed by atoms with van der Waals surface area (Å²) >= 11 is 0. The highest BCUT2D eigenvalue weighted by atomic mass is 16.5. The van der Waals surface area contributed by atoms with Gasteiger partial charge < -0.3 is 10.1 Å². The molecule has 0 spiro atoms. The first-order valence-corrected chi connectivity index (χ1v) is 8.26. The Morgan fingerprint density at radius 3 is 2.40 bits per heavy atom. The van der Waals surface area contributed by atoms with E-state index in [9.17, 15) is 9.59 Å². The van der Waals surface area contributed by atoms with Crippen molar-refractivity contribution in [1.82, 2.24) is 5.32 Å². The van der Waals surface area contributed by atoms with Gasteiger partial charge in [0.1, 0.15) is 5.92 Å². The van der Waals surface area contributed by atoms with Crippen LogP contribution in [0.4, 0.5) is 4.79 Å². The van der Waals surface area contributed by atoms with E-state index in [1.807, 2.05) is 60.7 Å². The number of esters is 1. The summed E-state index contributed by atoms with van der Waals surface area (Å²) in [6.45, 7) is 1.99. The van der Waals surface area contributed by atoms with Gasteiger partial charge in [-0.3, -0.25) is 4.79 Å². The van der Waals surface area contributed by atoms with Crippen LogP contribution in [-0.2, 0) is 16.0 Å². The zero-order valence-corrected chi connectivity index (χ0v) is 14.0. The summed E-state index contributed by atoms with van der Waals surface area (Å²) in [7, 11) is 0. The Hall–Kier alpha value is -2.95. The van der Waals surface area contributed by atoms with Crippen LogP contribution in [0.1, 0.15) is 24.1 Å². The topological polar surface area (TPSA) is 67.8 Å². The quantitative estimate of drug-likeness (QED) is 0.852. The average Bonchev–Trinajstić information content (AvgIpc) is 2.62. The van der Waals surface area contributed by atoms with Gasteiger partial charge in [-0.25, -0.2) is 9.79 Å². The minimum Gasteiger partial charge on any atom is -0.465 e. The first kappa shape index (κ1) is 16.9. The number of aliphatic imine (C=N–C) groups is 1. The third-order valence-electron chi connectivity index (χ3n) is 4.23. The predicted octanol–water partition coefficient (Wildman–Crippen LogP) is 3.31. The molecule has 0 radical (unpaired) electrons. The molecule has 2 amide bonds. The minimum atomic E-state index is -0.615. The molecule has 0 aromatic heterocycles. The third-order valence-corrected chi connectivity index (χ3v) is 4.23. The SMILES string of the molecule is CC1=NC(=O)NC(c2ccccc2)C1C(=O)OCCc1ccccc1. The molecule has 5 nitrogen and oxygen atoms in total. The fourth-order valence-corrected chi connectivity index (χ4v) is 2.97. The number of hydrogen-bond donors (Lipinski definition) is 1. The molecule has 2 atom stereocenters. The van der Waals surface area contributed by atoms with Crippen LogP contribution in [0.2, 0.25) is 0 Å². The van der Waals surface area contributed by atoms with E-state index in [2.05, 4.69) is 10.3 Å². The highest BCUT2D eigenvalue weighted by Crippen LogP contribution is 2.27. The molecule has 1 N–H and O–H groups in total. The van der Waals surface area contributed by atoms with Crippen molar-refractivity contribution in [1.29, 1.82) is 0 Å². The summed E-state index contributed by atoms with van der Waals surface area (Å²) < 4.78 is 5.47. The van der Waals surface area contributed by atoms with E-state index in [4.69, 9.17) is 4.74 Å². The standard InChI is InChI=1S/C20H20N2O3/c1-14-17(19(23)25-13-12-15-8-4-2-5-9-15)18(22-20(24)21-14)16-10-6-3-7-11-16/h2-11,17-18H,12-13H2,1H3,(H,22,24). The molecule has 25 heavy (non-hydrogen) atoms. The lowest BCUT2D eigenvalue weighted by Gasteiger charge is -2.29. The van der Waals surface area contributed by atoms with E-state index < -0.39 is 18.0 Å². The Labute approximate surface area is 146 Å². The maximum Gasteiger partial charge on any atom is 0.341 e. The molecular weight excluding hydrogens is 316 g/mol. The summed E-state index contributed by atoms with van der Waals surface area (Å²) in [5.74, 6) is -0.984. The summed E-state index contributed by atoms with van der Waals surface area (Å²) in [6.07, 6.45) is 0.651. The van der Waals surface area contributed by atoms with Gasteiger partial charge in [0, 0.05) is 12.1 Å². The maximum atomic E-state index is 12.6. The van der Waals surface area contributed by atoms with E-state index in [0.29, 0.717) is 18.7 Å². The van der Waals surface area contributed by atoms with Crippen molar-refractivity contribution in [2.75, 3.05) is 6.61 Å². The fraction of sp³-hybridized carbons (Fsp3) is 0.250. The molecule has 0 aliphatic carbocycles. The lowest BCUT2D eigenvalue weighted by atomic mass is 9.88. The van der Waals surface area contributed by atoms with Crippen LogP contribution in [0.25, 0.3) is 0 Å². The number of amides is 2. The highest BCUT2D eigenvalue weighted by Gasteiger charge is 2.37. The van der Waals surface area contributed by atoms with Crippen molar-refractivity contribution in [3.63, 3.8) is 0 Å². The van der Waals surface area contributed by atoms with Crippen molar-refractivity contribution in [2.24, 2.45) is 10.9 Å². The van der Waals surface area contributed by atoms with Gasteiger partial charge in [-0.2, -0.15) is 0 Å². The second kappa shape index (κ2) is 7.75. The smallest absolute Gasteiger partial charge is 0.341 e. The van der Waals surface area contributed by atoms with Gasteiger partial charge in [-0.15, -0.1) is 0 Å². The number of rotatable bonds is 5. The molecule has 0 saturated carbocycles. The van der Waals surface area contributed by atoms with Crippen molar-refractivity contribution >= 4 is 17.7 Å². The summed E-state index contributed by atoms with van der Waals surface area (Å²) in [5, 5.41) is 2.77. The first-order chi connectivity index (χ1) is 12.1. The lowest BCUT2D eigenvalue weighted by Crippen LogP contribution is -2.44. The van der Waals surface area contributed by atoms with Crippen LogP contribution in [0, 0.1) is 5.92 Å². The Balaban J connectivity index is 1.71. The van der Waals surface area contributed by atoms with E-state index >= 15 is 0 Å². The van der Waals surface area contributed by atoms with Gasteiger partial charge in [0.15, 0.2) is 0 Å². The van der Waals surface area contributed by atoms with Gasteiger partial charge in [0.05, 0.1) is 12.6 Å². The zero-order valence-electron chi connectivity index (χ0n) is 14.0. The van der Waals surface area contributed by atoms with Crippen LogP contribution < -0.4 is 5.32 Å². The second-order valence-electron chi connectivity index (χ2n) is 5.97. The summed E-state index contributed by atoms with van der Waals surface area (Å²) in [5.41, 5.74) is 2.44. The minimum absolute atomic E-state index is 0.294. The second-order valence-corrected chi connectivity index (χ2v) is 5.97. The molecule has 0 saturated heterocycles. The third kappa shape index (κ3) is 4.12. The Morgan fingerprint density at radius 1 is 1.08 bits per heavy atom. The van der Waals surface area contributed by atoms with Crippen LogP contribution in [-0.4, -0.2) is 24.3 Å². The van der Waals surface area contributed by atoms with Crippen LogP contribution >= 0.6 is 0 Å².